The molecule has 5 aromatic carbocycles. The first-order valence-corrected chi connectivity index (χ1v) is 14.5. The third kappa shape index (κ3) is 3.11. The Morgan fingerprint density at radius 1 is 0.595 bits per heavy atom. The fraction of sp³-hybridized carbons (Fsp3) is 0.0769. The Bertz CT molecular complexity index is 2380. The summed E-state index contributed by atoms with van der Waals surface area (Å²) in [7, 11) is 0. The summed E-state index contributed by atoms with van der Waals surface area (Å²) in [5.74, 6) is 0. The lowest BCUT2D eigenvalue weighted by Gasteiger charge is -2.21. The van der Waals surface area contributed by atoms with Gasteiger partial charge in [0.25, 0.3) is 0 Å². The first kappa shape index (κ1) is 23.4. The smallest absolute Gasteiger partial charge is 0.0817 e. The third-order valence-corrected chi connectivity index (χ3v) is 9.25. The van der Waals surface area contributed by atoms with Crippen LogP contribution in [0, 0.1) is 0 Å². The summed E-state index contributed by atoms with van der Waals surface area (Å²) in [5.41, 5.74) is 13.3. The van der Waals surface area contributed by atoms with E-state index in [1.54, 1.807) is 0 Å². The molecule has 0 unspecified atom stereocenters. The van der Waals surface area contributed by atoms with E-state index in [1.165, 1.54) is 55.3 Å². The molecule has 0 spiro atoms. The molecule has 1 aliphatic carbocycles. The monoisotopic (exact) mass is 537 g/mol. The van der Waals surface area contributed by atoms with Crippen LogP contribution in [0.3, 0.4) is 0 Å². The lowest BCUT2D eigenvalue weighted by molar-refractivity contribution is 0.661. The fourth-order valence-electron chi connectivity index (χ4n) is 7.24. The number of pyridine rings is 2. The van der Waals surface area contributed by atoms with E-state index < -0.39 is 0 Å². The summed E-state index contributed by atoms with van der Waals surface area (Å²) in [5, 5.41) is 4.66. The maximum Gasteiger partial charge on any atom is 0.0817 e. The van der Waals surface area contributed by atoms with Crippen LogP contribution in [0.15, 0.2) is 128 Å². The number of nitrogens with zero attached hydrogens (tertiary/aromatic N) is 3. The quantitative estimate of drug-likeness (QED) is 0.205. The highest BCUT2D eigenvalue weighted by Gasteiger charge is 2.36. The van der Waals surface area contributed by atoms with Gasteiger partial charge in [-0.05, 0) is 88.0 Å². The number of aromatic nitrogens is 3. The molecule has 0 fully saturated rings. The number of fused-ring (bicyclic) bond motifs is 9. The maximum absolute atomic E-state index is 4.78. The topological polar surface area (TPSA) is 30.7 Å². The molecule has 0 aliphatic heterocycles. The lowest BCUT2D eigenvalue weighted by Crippen LogP contribution is -2.14. The van der Waals surface area contributed by atoms with E-state index in [-0.39, 0.29) is 5.41 Å². The predicted octanol–water partition coefficient (Wildman–Crippen LogP) is 9.85. The molecule has 42 heavy (non-hydrogen) atoms. The molecule has 0 saturated heterocycles. The van der Waals surface area contributed by atoms with Gasteiger partial charge in [0.2, 0.25) is 0 Å². The average molecular weight is 538 g/mol. The predicted molar refractivity (Wildman–Crippen MR) is 174 cm³/mol. The minimum absolute atomic E-state index is 0.0622. The molecule has 0 atom stereocenters. The number of para-hydroxylation sites is 1. The Morgan fingerprint density at radius 2 is 1.40 bits per heavy atom. The summed E-state index contributed by atoms with van der Waals surface area (Å²) in [6.45, 7) is 4.70. The lowest BCUT2D eigenvalue weighted by atomic mass is 9.82. The van der Waals surface area contributed by atoms with Crippen molar-refractivity contribution in [2.24, 2.45) is 0 Å². The largest absolute Gasteiger partial charge is 0.309 e. The van der Waals surface area contributed by atoms with Gasteiger partial charge in [0.05, 0.1) is 22.1 Å². The fourth-order valence-corrected chi connectivity index (χ4v) is 7.24. The van der Waals surface area contributed by atoms with Gasteiger partial charge in [0.1, 0.15) is 0 Å². The summed E-state index contributed by atoms with van der Waals surface area (Å²) >= 11 is 0. The second kappa shape index (κ2) is 8.37. The van der Waals surface area contributed by atoms with Crippen molar-refractivity contribution in [3.63, 3.8) is 0 Å². The summed E-state index contributed by atoms with van der Waals surface area (Å²) in [4.78, 5) is 9.56. The van der Waals surface area contributed by atoms with Gasteiger partial charge in [-0.1, -0.05) is 74.5 Å². The van der Waals surface area contributed by atoms with Crippen LogP contribution in [0.25, 0.3) is 71.6 Å². The Balaban J connectivity index is 1.39. The first-order chi connectivity index (χ1) is 20.6. The van der Waals surface area contributed by atoms with E-state index in [4.69, 9.17) is 9.97 Å². The molecule has 0 bridgehead atoms. The van der Waals surface area contributed by atoms with Crippen molar-refractivity contribution in [2.75, 3.05) is 0 Å². The van der Waals surface area contributed by atoms with Gasteiger partial charge in [0, 0.05) is 45.0 Å². The summed E-state index contributed by atoms with van der Waals surface area (Å²) in [6.07, 6.45) is 3.79. The van der Waals surface area contributed by atoms with Crippen molar-refractivity contribution < 1.29 is 0 Å². The number of hydrogen-bond acceptors (Lipinski definition) is 2. The van der Waals surface area contributed by atoms with Crippen LogP contribution in [0.5, 0.6) is 0 Å². The molecule has 3 nitrogen and oxygen atoms in total. The van der Waals surface area contributed by atoms with Gasteiger partial charge in [-0.2, -0.15) is 0 Å². The molecule has 0 amide bonds. The normalized spacial score (nSPS) is 13.7. The van der Waals surface area contributed by atoms with Crippen molar-refractivity contribution >= 4 is 43.6 Å². The summed E-state index contributed by atoms with van der Waals surface area (Å²) in [6, 6.07) is 41.8. The van der Waals surface area contributed by atoms with Gasteiger partial charge < -0.3 is 4.57 Å². The molecule has 8 aromatic rings. The van der Waals surface area contributed by atoms with E-state index >= 15 is 0 Å². The van der Waals surface area contributed by atoms with E-state index in [1.807, 2.05) is 18.5 Å². The van der Waals surface area contributed by atoms with Gasteiger partial charge in [-0.25, -0.2) is 0 Å². The Labute approximate surface area is 243 Å². The Morgan fingerprint density at radius 3 is 2.31 bits per heavy atom. The molecule has 0 radical (unpaired) electrons. The SMILES string of the molecule is CC1(C)c2ccccc2-c2cc3c4cc(-c5cccc6ncc7cccnc7c56)ccc4n(-c4ccccc4)c3cc21. The van der Waals surface area contributed by atoms with Crippen molar-refractivity contribution in [3.05, 3.63) is 139 Å². The van der Waals surface area contributed by atoms with Crippen LogP contribution in [0.2, 0.25) is 0 Å². The highest BCUT2D eigenvalue weighted by molar-refractivity contribution is 6.15. The minimum Gasteiger partial charge on any atom is -0.309 e. The second-order valence-electron chi connectivity index (χ2n) is 11.9. The van der Waals surface area contributed by atoms with Crippen molar-refractivity contribution in [3.8, 4) is 27.9 Å². The van der Waals surface area contributed by atoms with Gasteiger partial charge in [0.15, 0.2) is 0 Å². The minimum atomic E-state index is -0.0622. The van der Waals surface area contributed by atoms with E-state index in [0.29, 0.717) is 0 Å². The first-order valence-electron chi connectivity index (χ1n) is 14.5. The van der Waals surface area contributed by atoms with Crippen molar-refractivity contribution in [1.82, 2.24) is 14.5 Å². The molecule has 198 valence electrons. The molecule has 3 heteroatoms. The zero-order valence-electron chi connectivity index (χ0n) is 23.5. The van der Waals surface area contributed by atoms with Crippen molar-refractivity contribution in [2.45, 2.75) is 19.3 Å². The molecule has 3 aromatic heterocycles. The number of hydrogen-bond donors (Lipinski definition) is 0. The van der Waals surface area contributed by atoms with Crippen LogP contribution in [0.4, 0.5) is 0 Å². The molecule has 9 rings (SSSR count). The molecule has 0 N–H and O–H groups in total. The van der Waals surface area contributed by atoms with Crippen LogP contribution in [0.1, 0.15) is 25.0 Å². The molecular formula is C39H27N3. The number of rotatable bonds is 2. The second-order valence-corrected chi connectivity index (χ2v) is 11.9. The molecule has 1 aliphatic rings. The zero-order chi connectivity index (χ0) is 28.0. The number of benzene rings is 5. The highest BCUT2D eigenvalue weighted by Crippen LogP contribution is 2.51. The third-order valence-electron chi connectivity index (χ3n) is 9.25. The maximum atomic E-state index is 4.78. The Kier molecular flexibility index (Phi) is 4.67. The zero-order valence-corrected chi connectivity index (χ0v) is 23.5. The van der Waals surface area contributed by atoms with E-state index in [2.05, 4.69) is 128 Å². The van der Waals surface area contributed by atoms with Gasteiger partial charge in [-0.15, -0.1) is 0 Å². The summed E-state index contributed by atoms with van der Waals surface area (Å²) < 4.78 is 2.43. The van der Waals surface area contributed by atoms with E-state index in [9.17, 15) is 0 Å². The van der Waals surface area contributed by atoms with Crippen molar-refractivity contribution in [1.29, 1.82) is 0 Å². The highest BCUT2D eigenvalue weighted by atomic mass is 15.0. The van der Waals surface area contributed by atoms with Crippen LogP contribution < -0.4 is 0 Å². The average Bonchev–Trinajstić information content (AvgIpc) is 3.48. The van der Waals surface area contributed by atoms with Crippen LogP contribution >= 0.6 is 0 Å². The molecular weight excluding hydrogens is 510 g/mol. The standard InChI is InChI=1S/C39H27N3/c1-39(2)32-15-7-6-13-28(32)29-21-31-30-20-24(27-14-8-16-34-37(27)38-25(23-41-34)10-9-19-40-38)17-18-35(30)42(36(31)22-33(29)39)26-11-4-3-5-12-26/h3-23H,1-2H3. The van der Waals surface area contributed by atoms with Crippen LogP contribution in [-0.2, 0) is 5.41 Å². The van der Waals surface area contributed by atoms with Crippen LogP contribution in [-0.4, -0.2) is 14.5 Å². The molecule has 3 heterocycles. The van der Waals surface area contributed by atoms with Gasteiger partial charge in [-0.3, -0.25) is 9.97 Å². The van der Waals surface area contributed by atoms with E-state index in [0.717, 1.165) is 27.4 Å². The van der Waals surface area contributed by atoms with Gasteiger partial charge >= 0.3 is 0 Å². The molecule has 0 saturated carbocycles. The Hall–Kier alpha value is -5.28.